The van der Waals surface area contributed by atoms with Crippen LogP contribution in [0, 0.1) is 13.8 Å². The van der Waals surface area contributed by atoms with Gasteiger partial charge >= 0.3 is 0 Å². The van der Waals surface area contributed by atoms with Gasteiger partial charge in [-0.25, -0.2) is 18.5 Å². The molecule has 1 amide bonds. The number of imidazole rings is 1. The van der Waals surface area contributed by atoms with Gasteiger partial charge in [-0.15, -0.1) is 0 Å². The summed E-state index contributed by atoms with van der Waals surface area (Å²) in [6, 6.07) is 17.7. The number of hydrogen-bond acceptors (Lipinski definition) is 4. The van der Waals surface area contributed by atoms with Gasteiger partial charge in [0.15, 0.2) is 0 Å². The number of anilines is 1. The maximum absolute atomic E-state index is 12.5. The maximum atomic E-state index is 12.5. The molecule has 0 radical (unpaired) electrons. The van der Waals surface area contributed by atoms with Gasteiger partial charge in [-0.1, -0.05) is 29.8 Å². The van der Waals surface area contributed by atoms with Gasteiger partial charge in [0, 0.05) is 23.5 Å². The average molecular weight is 447 g/mol. The first-order valence-electron chi connectivity index (χ1n) is 9.88. The molecule has 162 valence electrons. The molecular formula is C24H22N4O3S. The van der Waals surface area contributed by atoms with E-state index in [2.05, 4.69) is 5.32 Å². The number of aromatic nitrogens is 2. The van der Waals surface area contributed by atoms with Crippen LogP contribution in [0.4, 0.5) is 5.69 Å². The molecule has 0 aliphatic rings. The lowest BCUT2D eigenvalue weighted by Gasteiger charge is -2.04. The summed E-state index contributed by atoms with van der Waals surface area (Å²) in [7, 11) is -3.78. The Bertz CT molecular complexity index is 1440. The van der Waals surface area contributed by atoms with Crippen molar-refractivity contribution in [1.29, 1.82) is 0 Å². The number of hydrogen-bond donors (Lipinski definition) is 2. The first-order valence-corrected chi connectivity index (χ1v) is 11.4. The molecule has 0 spiro atoms. The molecule has 8 heteroatoms. The number of pyridine rings is 1. The van der Waals surface area contributed by atoms with Crippen LogP contribution >= 0.6 is 0 Å². The van der Waals surface area contributed by atoms with E-state index in [1.807, 2.05) is 60.8 Å². The zero-order chi connectivity index (χ0) is 22.9. The van der Waals surface area contributed by atoms with Crippen LogP contribution in [0.1, 0.15) is 16.8 Å². The van der Waals surface area contributed by atoms with Crippen molar-refractivity contribution in [3.63, 3.8) is 0 Å². The zero-order valence-corrected chi connectivity index (χ0v) is 18.4. The molecule has 7 nitrogen and oxygen atoms in total. The van der Waals surface area contributed by atoms with Crippen LogP contribution in [-0.2, 0) is 14.8 Å². The van der Waals surface area contributed by atoms with E-state index in [1.165, 1.54) is 30.3 Å². The van der Waals surface area contributed by atoms with Crippen LogP contribution in [0.25, 0.3) is 23.0 Å². The molecule has 4 aromatic rings. The lowest BCUT2D eigenvalue weighted by molar-refractivity contribution is -0.111. The largest absolute Gasteiger partial charge is 0.323 e. The molecule has 0 saturated heterocycles. The molecule has 0 unspecified atom stereocenters. The highest BCUT2D eigenvalue weighted by Gasteiger charge is 2.13. The molecule has 2 heterocycles. The number of aryl methyl sites for hydroxylation is 2. The van der Waals surface area contributed by atoms with Gasteiger partial charge in [0.2, 0.25) is 15.9 Å². The van der Waals surface area contributed by atoms with E-state index in [9.17, 15) is 13.2 Å². The minimum Gasteiger partial charge on any atom is -0.323 e. The van der Waals surface area contributed by atoms with Crippen molar-refractivity contribution >= 4 is 33.3 Å². The van der Waals surface area contributed by atoms with Gasteiger partial charge in [0.25, 0.3) is 0 Å². The Labute approximate surface area is 186 Å². The lowest BCUT2D eigenvalue weighted by atomic mass is 10.1. The van der Waals surface area contributed by atoms with E-state index in [-0.39, 0.29) is 10.8 Å². The summed E-state index contributed by atoms with van der Waals surface area (Å²) < 4.78 is 24.7. The Hall–Kier alpha value is -3.75. The number of nitrogens with two attached hydrogens (primary N) is 1. The molecule has 4 rings (SSSR count). The Morgan fingerprint density at radius 3 is 2.34 bits per heavy atom. The number of nitrogens with one attached hydrogen (secondary N) is 1. The topological polar surface area (TPSA) is 107 Å². The summed E-state index contributed by atoms with van der Waals surface area (Å²) in [6.45, 7) is 4.03. The van der Waals surface area contributed by atoms with E-state index < -0.39 is 10.0 Å². The molecule has 0 aliphatic heterocycles. The maximum Gasteiger partial charge on any atom is 0.248 e. The molecule has 0 fully saturated rings. The smallest absolute Gasteiger partial charge is 0.248 e. The second-order valence-corrected chi connectivity index (χ2v) is 9.10. The van der Waals surface area contributed by atoms with Gasteiger partial charge in [-0.3, -0.25) is 9.20 Å². The third-order valence-electron chi connectivity index (χ3n) is 4.99. The van der Waals surface area contributed by atoms with Crippen LogP contribution < -0.4 is 10.5 Å². The van der Waals surface area contributed by atoms with Crippen molar-refractivity contribution in [3.8, 4) is 11.3 Å². The molecule has 3 N–H and O–H groups in total. The van der Waals surface area contributed by atoms with Gasteiger partial charge in [-0.05, 0) is 61.9 Å². The standard InChI is InChI=1S/C24H22N4O3S/c1-16-3-5-18(6-4-16)24-21(28-14-13-17(2)15-22(28)27-24)11-12-23(29)26-19-7-9-20(10-8-19)32(25,30)31/h3-15H,1-2H3,(H,26,29)(H2,25,30,31)/b12-11+. The molecule has 0 bridgehead atoms. The third kappa shape index (κ3) is 4.61. The molecule has 0 saturated carbocycles. The predicted octanol–water partition coefficient (Wildman–Crippen LogP) is 3.92. The quantitative estimate of drug-likeness (QED) is 0.453. The van der Waals surface area contributed by atoms with Gasteiger partial charge in [0.1, 0.15) is 5.65 Å². The first kappa shape index (κ1) is 21.5. The van der Waals surface area contributed by atoms with Crippen molar-refractivity contribution in [2.24, 2.45) is 5.14 Å². The molecule has 0 aliphatic carbocycles. The SMILES string of the molecule is Cc1ccc(-c2nc3cc(C)ccn3c2/C=C/C(=O)Nc2ccc(S(N)(=O)=O)cc2)cc1. The number of nitrogens with zero attached hydrogens (tertiary/aromatic N) is 2. The summed E-state index contributed by atoms with van der Waals surface area (Å²) in [5, 5.41) is 7.82. The van der Waals surface area contributed by atoms with Crippen LogP contribution in [0.2, 0.25) is 0 Å². The number of fused-ring (bicyclic) bond motifs is 1. The minimum atomic E-state index is -3.78. The highest BCUT2D eigenvalue weighted by molar-refractivity contribution is 7.89. The molecule has 0 atom stereocenters. The van der Waals surface area contributed by atoms with Crippen molar-refractivity contribution in [2.45, 2.75) is 18.7 Å². The fraction of sp³-hybridized carbons (Fsp3) is 0.0833. The third-order valence-corrected chi connectivity index (χ3v) is 5.92. The number of carbonyl (C=O) groups excluding carboxylic acids is 1. The Morgan fingerprint density at radius 1 is 1.00 bits per heavy atom. The number of rotatable bonds is 5. The van der Waals surface area contributed by atoms with Gasteiger partial charge < -0.3 is 5.32 Å². The minimum absolute atomic E-state index is 0.0187. The van der Waals surface area contributed by atoms with Crippen LogP contribution in [-0.4, -0.2) is 23.7 Å². The van der Waals surface area contributed by atoms with Crippen molar-refractivity contribution < 1.29 is 13.2 Å². The van der Waals surface area contributed by atoms with Crippen LogP contribution in [0.15, 0.2) is 77.8 Å². The first-order chi connectivity index (χ1) is 15.2. The summed E-state index contributed by atoms with van der Waals surface area (Å²) in [4.78, 5) is 17.3. The summed E-state index contributed by atoms with van der Waals surface area (Å²) in [5.74, 6) is -0.356. The number of amides is 1. The van der Waals surface area contributed by atoms with Crippen LogP contribution in [0.3, 0.4) is 0 Å². The highest BCUT2D eigenvalue weighted by Crippen LogP contribution is 2.26. The van der Waals surface area contributed by atoms with E-state index in [0.29, 0.717) is 5.69 Å². The van der Waals surface area contributed by atoms with Gasteiger partial charge in [-0.2, -0.15) is 0 Å². The Morgan fingerprint density at radius 2 is 1.69 bits per heavy atom. The number of benzene rings is 2. The highest BCUT2D eigenvalue weighted by atomic mass is 32.2. The Kier molecular flexibility index (Phi) is 5.65. The van der Waals surface area contributed by atoms with E-state index in [1.54, 1.807) is 6.08 Å². The molecular weight excluding hydrogens is 424 g/mol. The fourth-order valence-corrected chi connectivity index (χ4v) is 3.83. The summed E-state index contributed by atoms with van der Waals surface area (Å²) >= 11 is 0. The van der Waals surface area contributed by atoms with Crippen molar-refractivity contribution in [1.82, 2.24) is 9.38 Å². The van der Waals surface area contributed by atoms with Crippen molar-refractivity contribution in [2.75, 3.05) is 5.32 Å². The van der Waals surface area contributed by atoms with E-state index in [4.69, 9.17) is 10.1 Å². The number of primary sulfonamides is 1. The van der Waals surface area contributed by atoms with Crippen LogP contribution in [0.5, 0.6) is 0 Å². The fourth-order valence-electron chi connectivity index (χ4n) is 3.32. The number of carbonyl (C=O) groups is 1. The molecule has 2 aromatic heterocycles. The molecule has 2 aromatic carbocycles. The second-order valence-electron chi connectivity index (χ2n) is 7.54. The zero-order valence-electron chi connectivity index (χ0n) is 17.6. The van der Waals surface area contributed by atoms with E-state index in [0.717, 1.165) is 33.7 Å². The lowest BCUT2D eigenvalue weighted by Crippen LogP contribution is -2.12. The van der Waals surface area contributed by atoms with Gasteiger partial charge in [0.05, 0.1) is 16.3 Å². The second kappa shape index (κ2) is 8.41. The Balaban J connectivity index is 1.64. The summed E-state index contributed by atoms with van der Waals surface area (Å²) in [6.07, 6.45) is 5.08. The summed E-state index contributed by atoms with van der Waals surface area (Å²) in [5.41, 5.74) is 6.00. The average Bonchev–Trinajstić information content (AvgIpc) is 3.10. The number of sulfonamides is 1. The van der Waals surface area contributed by atoms with E-state index >= 15 is 0 Å². The predicted molar refractivity (Wildman–Crippen MR) is 126 cm³/mol. The monoisotopic (exact) mass is 446 g/mol. The molecule has 32 heavy (non-hydrogen) atoms. The normalized spacial score (nSPS) is 11.8. The van der Waals surface area contributed by atoms with Crippen molar-refractivity contribution in [3.05, 3.63) is 89.8 Å².